The predicted octanol–water partition coefficient (Wildman–Crippen LogP) is 2.53. The summed E-state index contributed by atoms with van der Waals surface area (Å²) in [5.41, 5.74) is 0. The van der Waals surface area contributed by atoms with Crippen LogP contribution in [-0.2, 0) is 0 Å². The summed E-state index contributed by atoms with van der Waals surface area (Å²) < 4.78 is 12.5. The third-order valence-corrected chi connectivity index (χ3v) is 10.7. The molecule has 0 saturated carbocycles. The standard InChI is InChI=1S/C12H36N10P2/c1-17(2)23(18(3)4,19(5)6)15-13-14-16-24(20(7)8,21(9)10)22(11)12/h1-12H3/b14-13+. The van der Waals surface area contributed by atoms with Gasteiger partial charge >= 0.3 is 0 Å². The Hall–Kier alpha value is -0.180. The highest BCUT2D eigenvalue weighted by atomic mass is 31.2. The van der Waals surface area contributed by atoms with Gasteiger partial charge in [-0.05, 0) is 95.0 Å². The average Bonchev–Trinajstić information content (AvgIpc) is 2.40. The highest BCUT2D eigenvalue weighted by Gasteiger charge is 2.30. The van der Waals surface area contributed by atoms with E-state index >= 15 is 0 Å². The van der Waals surface area contributed by atoms with Gasteiger partial charge in [0, 0.05) is 0 Å². The second kappa shape index (κ2) is 9.50. The Kier molecular flexibility index (Phi) is 9.43. The van der Waals surface area contributed by atoms with Crippen molar-refractivity contribution in [3.63, 3.8) is 0 Å². The summed E-state index contributed by atoms with van der Waals surface area (Å²) >= 11 is 0. The third-order valence-electron chi connectivity index (χ3n) is 3.58. The fourth-order valence-electron chi connectivity index (χ4n) is 2.77. The Labute approximate surface area is 148 Å². The van der Waals surface area contributed by atoms with Gasteiger partial charge in [0.2, 0.25) is 0 Å². The van der Waals surface area contributed by atoms with E-state index in [0.717, 1.165) is 0 Å². The van der Waals surface area contributed by atoms with Gasteiger partial charge in [-0.3, -0.25) is 28.0 Å². The van der Waals surface area contributed by atoms with Gasteiger partial charge in [-0.1, -0.05) is 0 Å². The molecule has 0 bridgehead atoms. The SMILES string of the molecule is CN(C)P(=N/N=N/N=P(N(C)C)(N(C)C)N(C)C)(N(C)C)N(C)C. The Morgan fingerprint density at radius 3 is 0.667 bits per heavy atom. The highest BCUT2D eigenvalue weighted by molar-refractivity contribution is 7.59. The minimum absolute atomic E-state index is 2.00. The first-order valence-electron chi connectivity index (χ1n) is 7.57. The van der Waals surface area contributed by atoms with E-state index in [2.05, 4.69) is 48.2 Å². The minimum Gasteiger partial charge on any atom is -0.250 e. The van der Waals surface area contributed by atoms with E-state index in [9.17, 15) is 0 Å². The van der Waals surface area contributed by atoms with Crippen LogP contribution in [0, 0.1) is 0 Å². The van der Waals surface area contributed by atoms with Gasteiger partial charge in [0.25, 0.3) is 0 Å². The van der Waals surface area contributed by atoms with Gasteiger partial charge in [0.1, 0.15) is 0 Å². The molecule has 0 amide bonds. The minimum atomic E-state index is -2.09. The lowest BCUT2D eigenvalue weighted by Crippen LogP contribution is -2.30. The molecule has 0 atom stereocenters. The molecule has 0 fully saturated rings. The molecule has 10 nitrogen and oxygen atoms in total. The monoisotopic (exact) mass is 382 g/mol. The van der Waals surface area contributed by atoms with Gasteiger partial charge in [-0.25, -0.2) is 0 Å². The van der Waals surface area contributed by atoms with Crippen LogP contribution in [0.15, 0.2) is 20.2 Å². The van der Waals surface area contributed by atoms with E-state index in [1.807, 2.05) is 84.6 Å². The predicted molar refractivity (Wildman–Crippen MR) is 106 cm³/mol. The number of nitrogens with zero attached hydrogens (tertiary/aromatic N) is 10. The second-order valence-electron chi connectivity index (χ2n) is 6.51. The lowest BCUT2D eigenvalue weighted by atomic mass is 11.2. The van der Waals surface area contributed by atoms with Gasteiger partial charge in [-0.2, -0.15) is 0 Å². The van der Waals surface area contributed by atoms with Crippen LogP contribution in [0.2, 0.25) is 0 Å². The summed E-state index contributed by atoms with van der Waals surface area (Å²) in [5.74, 6) is 0. The van der Waals surface area contributed by atoms with E-state index in [0.29, 0.717) is 0 Å². The Morgan fingerprint density at radius 2 is 0.542 bits per heavy atom. The lowest BCUT2D eigenvalue weighted by molar-refractivity contribution is 0.467. The lowest BCUT2D eigenvalue weighted by Gasteiger charge is -2.39. The Balaban J connectivity index is 6.12. The van der Waals surface area contributed by atoms with Crippen LogP contribution in [0.1, 0.15) is 0 Å². The summed E-state index contributed by atoms with van der Waals surface area (Å²) in [5, 5.41) is 8.19. The van der Waals surface area contributed by atoms with Crippen molar-refractivity contribution in [2.45, 2.75) is 0 Å². The number of rotatable bonds is 8. The molecule has 0 aliphatic carbocycles. The van der Waals surface area contributed by atoms with Crippen molar-refractivity contribution in [3.8, 4) is 0 Å². The van der Waals surface area contributed by atoms with Crippen molar-refractivity contribution < 1.29 is 0 Å². The molecule has 0 rings (SSSR count). The van der Waals surface area contributed by atoms with E-state index in [-0.39, 0.29) is 0 Å². The van der Waals surface area contributed by atoms with Crippen LogP contribution >= 0.6 is 15.0 Å². The topological polar surface area (TPSA) is 68.9 Å². The summed E-state index contributed by atoms with van der Waals surface area (Å²) in [4.78, 5) is 9.10. The molecular weight excluding hydrogens is 346 g/mol. The molecule has 0 N–H and O–H groups in total. The zero-order valence-corrected chi connectivity index (χ0v) is 19.2. The summed E-state index contributed by atoms with van der Waals surface area (Å²) in [6, 6.07) is 0. The third kappa shape index (κ3) is 4.71. The first-order chi connectivity index (χ1) is 10.9. The molecule has 0 radical (unpaired) electrons. The van der Waals surface area contributed by atoms with Gasteiger partial charge in [0.05, 0.1) is 0 Å². The van der Waals surface area contributed by atoms with Crippen molar-refractivity contribution >= 4 is 15.0 Å². The summed E-state index contributed by atoms with van der Waals surface area (Å²) in [6.07, 6.45) is 0. The van der Waals surface area contributed by atoms with Crippen LogP contribution < -0.4 is 0 Å². The smallest absolute Gasteiger partial charge is 0.193 e. The maximum absolute atomic E-state index is 4.55. The number of hydrogen-bond acceptors (Lipinski definition) is 0. The van der Waals surface area contributed by atoms with Gasteiger partial charge in [-0.15, -0.1) is 9.71 Å². The van der Waals surface area contributed by atoms with Gasteiger partial charge in [0.15, 0.2) is 15.0 Å². The molecule has 0 aromatic carbocycles. The molecule has 0 heterocycles. The van der Waals surface area contributed by atoms with Crippen LogP contribution in [0.4, 0.5) is 0 Å². The highest BCUT2D eigenvalue weighted by Crippen LogP contribution is 2.56. The fourth-order valence-corrected chi connectivity index (χ4v) is 8.31. The second-order valence-corrected chi connectivity index (χ2v) is 13.8. The Morgan fingerprint density at radius 1 is 0.375 bits per heavy atom. The Bertz CT molecular complexity index is 419. The molecule has 0 unspecified atom stereocenters. The molecule has 12 heteroatoms. The van der Waals surface area contributed by atoms with E-state index in [4.69, 9.17) is 0 Å². The van der Waals surface area contributed by atoms with E-state index < -0.39 is 15.0 Å². The van der Waals surface area contributed by atoms with Crippen molar-refractivity contribution in [1.82, 2.24) is 28.0 Å². The first-order valence-corrected chi connectivity index (χ1v) is 10.8. The molecule has 0 aromatic heterocycles. The molecule has 0 aliphatic rings. The quantitative estimate of drug-likeness (QED) is 0.365. The average molecular weight is 382 g/mol. The van der Waals surface area contributed by atoms with Crippen molar-refractivity contribution in [2.24, 2.45) is 20.2 Å². The van der Waals surface area contributed by atoms with Crippen LogP contribution in [-0.4, -0.2) is 113 Å². The van der Waals surface area contributed by atoms with Crippen LogP contribution in [0.3, 0.4) is 0 Å². The zero-order chi connectivity index (χ0) is 19.3. The fraction of sp³-hybridized carbons (Fsp3) is 1.00. The normalized spacial score (nSPS) is 14.2. The summed E-state index contributed by atoms with van der Waals surface area (Å²) in [7, 11) is 19.8. The molecule has 144 valence electrons. The first kappa shape index (κ1) is 23.8. The number of hydrogen-bond donors (Lipinski definition) is 0. The summed E-state index contributed by atoms with van der Waals surface area (Å²) in [6.45, 7) is 0. The molecule has 0 spiro atoms. The molecule has 0 saturated heterocycles. The van der Waals surface area contributed by atoms with E-state index in [1.165, 1.54) is 0 Å². The van der Waals surface area contributed by atoms with E-state index in [1.54, 1.807) is 0 Å². The largest absolute Gasteiger partial charge is 0.250 e. The maximum Gasteiger partial charge on any atom is 0.193 e. The zero-order valence-electron chi connectivity index (χ0n) is 17.4. The van der Waals surface area contributed by atoms with Crippen LogP contribution in [0.5, 0.6) is 0 Å². The molecular formula is C12H36N10P2. The van der Waals surface area contributed by atoms with Crippen molar-refractivity contribution in [2.75, 3.05) is 84.6 Å². The van der Waals surface area contributed by atoms with Gasteiger partial charge < -0.3 is 0 Å². The van der Waals surface area contributed by atoms with Crippen molar-refractivity contribution in [3.05, 3.63) is 0 Å². The molecule has 24 heavy (non-hydrogen) atoms. The van der Waals surface area contributed by atoms with Crippen molar-refractivity contribution in [1.29, 1.82) is 0 Å². The molecule has 0 aliphatic heterocycles. The maximum atomic E-state index is 4.55. The molecule has 0 aromatic rings. The van der Waals surface area contributed by atoms with Crippen LogP contribution in [0.25, 0.3) is 0 Å².